The van der Waals surface area contributed by atoms with Crippen molar-refractivity contribution in [3.63, 3.8) is 0 Å². The minimum Gasteiger partial charge on any atom is -0.504 e. The minimum absolute atomic E-state index is 0.0162. The molecule has 7 nitrogen and oxygen atoms in total. The highest BCUT2D eigenvalue weighted by atomic mass is 32.1. The van der Waals surface area contributed by atoms with Gasteiger partial charge in [-0.1, -0.05) is 6.07 Å². The summed E-state index contributed by atoms with van der Waals surface area (Å²) in [5.41, 5.74) is 1.34. The highest BCUT2D eigenvalue weighted by Gasteiger charge is 2.12. The zero-order chi connectivity index (χ0) is 20.1. The second kappa shape index (κ2) is 8.62. The van der Waals surface area contributed by atoms with E-state index < -0.39 is 0 Å². The average molecular weight is 400 g/mol. The molecule has 0 fully saturated rings. The van der Waals surface area contributed by atoms with Gasteiger partial charge >= 0.3 is 12.0 Å². The van der Waals surface area contributed by atoms with Gasteiger partial charge in [0.05, 0.1) is 13.7 Å². The Hall–Kier alpha value is -3.26. The summed E-state index contributed by atoms with van der Waals surface area (Å²) in [6, 6.07) is 11.7. The molecule has 0 saturated carbocycles. The van der Waals surface area contributed by atoms with Gasteiger partial charge in [0.15, 0.2) is 11.5 Å². The standard InChI is InChI=1S/C20H20N2O5S/c1-3-27-19(24)18-10-13-9-14(5-7-17(13)28-18)22-20(25)21-11-12-4-6-16(26-2)15(23)8-12/h4-10,23H,3,11H2,1-2H3,(H2,21,22,25). The largest absolute Gasteiger partial charge is 0.504 e. The number of anilines is 1. The van der Waals surface area contributed by atoms with Crippen LogP contribution in [0.2, 0.25) is 0 Å². The second-order valence-electron chi connectivity index (χ2n) is 5.90. The molecule has 3 N–H and O–H groups in total. The number of amides is 2. The summed E-state index contributed by atoms with van der Waals surface area (Å²) >= 11 is 1.35. The van der Waals surface area contributed by atoms with Crippen LogP contribution < -0.4 is 15.4 Å². The molecular formula is C20H20N2O5S. The number of esters is 1. The molecule has 0 atom stereocenters. The van der Waals surface area contributed by atoms with Crippen molar-refractivity contribution in [2.75, 3.05) is 19.0 Å². The van der Waals surface area contributed by atoms with E-state index in [-0.39, 0.29) is 24.3 Å². The van der Waals surface area contributed by atoms with Crippen molar-refractivity contribution in [2.45, 2.75) is 13.5 Å². The molecule has 2 aromatic carbocycles. The van der Waals surface area contributed by atoms with Gasteiger partial charge < -0.3 is 25.2 Å². The number of rotatable bonds is 6. The Labute approximate surface area is 165 Å². The highest BCUT2D eigenvalue weighted by Crippen LogP contribution is 2.29. The molecule has 0 spiro atoms. The smallest absolute Gasteiger partial charge is 0.348 e. The summed E-state index contributed by atoms with van der Waals surface area (Å²) in [7, 11) is 1.47. The molecule has 1 aromatic heterocycles. The Bertz CT molecular complexity index is 1010. The Kier molecular flexibility index (Phi) is 6.00. The number of hydrogen-bond acceptors (Lipinski definition) is 6. The van der Waals surface area contributed by atoms with Crippen LogP contribution in [0.4, 0.5) is 10.5 Å². The maximum atomic E-state index is 12.1. The third kappa shape index (κ3) is 4.52. The first-order valence-electron chi connectivity index (χ1n) is 8.61. The molecule has 0 aliphatic heterocycles. The number of aromatic hydroxyl groups is 1. The van der Waals surface area contributed by atoms with Crippen LogP contribution in [0.15, 0.2) is 42.5 Å². The summed E-state index contributed by atoms with van der Waals surface area (Å²) in [5, 5.41) is 16.1. The molecule has 0 aliphatic carbocycles. The van der Waals surface area contributed by atoms with Gasteiger partial charge in [-0.15, -0.1) is 11.3 Å². The van der Waals surface area contributed by atoms with Gasteiger partial charge in [0.1, 0.15) is 4.88 Å². The van der Waals surface area contributed by atoms with Crippen LogP contribution >= 0.6 is 11.3 Å². The fraction of sp³-hybridized carbons (Fsp3) is 0.200. The van der Waals surface area contributed by atoms with Crippen LogP contribution in [0.25, 0.3) is 10.1 Å². The first-order chi connectivity index (χ1) is 13.5. The first kappa shape index (κ1) is 19.5. The molecule has 8 heteroatoms. The molecule has 0 radical (unpaired) electrons. The van der Waals surface area contributed by atoms with Gasteiger partial charge in [0.25, 0.3) is 0 Å². The lowest BCUT2D eigenvalue weighted by Gasteiger charge is -2.09. The van der Waals surface area contributed by atoms with E-state index in [0.717, 1.165) is 15.6 Å². The van der Waals surface area contributed by atoms with Crippen molar-refractivity contribution in [3.05, 3.63) is 52.9 Å². The molecule has 3 rings (SSSR count). The lowest BCUT2D eigenvalue weighted by molar-refractivity contribution is 0.0532. The van der Waals surface area contributed by atoms with E-state index in [1.807, 2.05) is 6.07 Å². The molecule has 146 valence electrons. The lowest BCUT2D eigenvalue weighted by atomic mass is 10.2. The number of fused-ring (bicyclic) bond motifs is 1. The SMILES string of the molecule is CCOC(=O)c1cc2cc(NC(=O)NCc3ccc(OC)c(O)c3)ccc2s1. The zero-order valence-corrected chi connectivity index (χ0v) is 16.3. The lowest BCUT2D eigenvalue weighted by Crippen LogP contribution is -2.28. The molecule has 28 heavy (non-hydrogen) atoms. The van der Waals surface area contributed by atoms with Crippen LogP contribution in [0, 0.1) is 0 Å². The number of ether oxygens (including phenoxy) is 2. The van der Waals surface area contributed by atoms with E-state index in [0.29, 0.717) is 22.9 Å². The highest BCUT2D eigenvalue weighted by molar-refractivity contribution is 7.20. The molecule has 0 unspecified atom stereocenters. The Morgan fingerprint density at radius 1 is 1.14 bits per heavy atom. The molecule has 0 bridgehead atoms. The molecule has 2 amide bonds. The molecule has 0 saturated heterocycles. The summed E-state index contributed by atoms with van der Waals surface area (Å²) in [4.78, 5) is 24.5. The Balaban J connectivity index is 1.62. The van der Waals surface area contributed by atoms with Gasteiger partial charge in [-0.3, -0.25) is 0 Å². The van der Waals surface area contributed by atoms with Gasteiger partial charge in [-0.2, -0.15) is 0 Å². The van der Waals surface area contributed by atoms with Crippen molar-refractivity contribution in [1.82, 2.24) is 5.32 Å². The maximum absolute atomic E-state index is 12.1. The number of hydrogen-bond donors (Lipinski definition) is 3. The number of urea groups is 1. The summed E-state index contributed by atoms with van der Waals surface area (Å²) in [5.74, 6) is 0.0423. The van der Waals surface area contributed by atoms with Crippen LogP contribution in [-0.4, -0.2) is 30.8 Å². The topological polar surface area (TPSA) is 96.9 Å². The number of carbonyl (C=O) groups excluding carboxylic acids is 2. The summed E-state index contributed by atoms with van der Waals surface area (Å²) in [6.07, 6.45) is 0. The number of methoxy groups -OCH3 is 1. The van der Waals surface area contributed by atoms with Gasteiger partial charge in [0.2, 0.25) is 0 Å². The second-order valence-corrected chi connectivity index (χ2v) is 6.98. The molecule has 1 heterocycles. The molecule has 3 aromatic rings. The predicted octanol–water partition coefficient (Wildman–Crippen LogP) is 4.11. The number of carbonyl (C=O) groups is 2. The Morgan fingerprint density at radius 2 is 1.96 bits per heavy atom. The number of phenols is 1. The third-order valence-corrected chi connectivity index (χ3v) is 5.04. The number of nitrogens with one attached hydrogen (secondary N) is 2. The monoisotopic (exact) mass is 400 g/mol. The van der Waals surface area contributed by atoms with E-state index >= 15 is 0 Å². The normalized spacial score (nSPS) is 10.5. The van der Waals surface area contributed by atoms with Crippen molar-refractivity contribution in [1.29, 1.82) is 0 Å². The van der Waals surface area contributed by atoms with Gasteiger partial charge in [0, 0.05) is 16.9 Å². The summed E-state index contributed by atoms with van der Waals surface area (Å²) in [6.45, 7) is 2.34. The summed E-state index contributed by atoms with van der Waals surface area (Å²) < 4.78 is 10.9. The van der Waals surface area contributed by atoms with Crippen LogP contribution in [0.1, 0.15) is 22.2 Å². The molecular weight excluding hydrogens is 380 g/mol. The average Bonchev–Trinajstić information content (AvgIpc) is 3.10. The molecule has 0 aliphatic rings. The minimum atomic E-state index is -0.379. The van der Waals surface area contributed by atoms with E-state index in [1.54, 1.807) is 37.3 Å². The van der Waals surface area contributed by atoms with Gasteiger partial charge in [-0.25, -0.2) is 9.59 Å². The van der Waals surface area contributed by atoms with E-state index in [2.05, 4.69) is 10.6 Å². The maximum Gasteiger partial charge on any atom is 0.348 e. The third-order valence-electron chi connectivity index (χ3n) is 3.95. The quantitative estimate of drug-likeness (QED) is 0.541. The number of benzene rings is 2. The first-order valence-corrected chi connectivity index (χ1v) is 9.43. The predicted molar refractivity (Wildman–Crippen MR) is 108 cm³/mol. The fourth-order valence-electron chi connectivity index (χ4n) is 2.63. The van der Waals surface area contributed by atoms with Crippen LogP contribution in [0.5, 0.6) is 11.5 Å². The van der Waals surface area contributed by atoms with E-state index in [1.165, 1.54) is 24.5 Å². The Morgan fingerprint density at radius 3 is 2.68 bits per heavy atom. The number of phenolic OH excluding ortho intramolecular Hbond substituents is 1. The van der Waals surface area contributed by atoms with E-state index in [9.17, 15) is 14.7 Å². The fourth-order valence-corrected chi connectivity index (χ4v) is 3.56. The van der Waals surface area contributed by atoms with Gasteiger partial charge in [-0.05, 0) is 54.3 Å². The van der Waals surface area contributed by atoms with E-state index in [4.69, 9.17) is 9.47 Å². The van der Waals surface area contributed by atoms with Crippen molar-refractivity contribution in [2.24, 2.45) is 0 Å². The van der Waals surface area contributed by atoms with Crippen molar-refractivity contribution in [3.8, 4) is 11.5 Å². The zero-order valence-electron chi connectivity index (χ0n) is 15.4. The van der Waals surface area contributed by atoms with Crippen LogP contribution in [-0.2, 0) is 11.3 Å². The number of thiophene rings is 1. The van der Waals surface area contributed by atoms with Crippen LogP contribution in [0.3, 0.4) is 0 Å². The van der Waals surface area contributed by atoms with Crippen molar-refractivity contribution >= 4 is 39.1 Å². The van der Waals surface area contributed by atoms with Crippen molar-refractivity contribution < 1.29 is 24.2 Å².